The Labute approximate surface area is 120 Å². The molecule has 4 heteroatoms. The van der Waals surface area contributed by atoms with E-state index < -0.39 is 0 Å². The molecule has 1 unspecified atom stereocenters. The Bertz CT molecular complexity index is 481. The van der Waals surface area contributed by atoms with Crippen LogP contribution in [0.2, 0.25) is 0 Å². The van der Waals surface area contributed by atoms with Crippen LogP contribution in [-0.4, -0.2) is 44.4 Å². The molecule has 0 aromatic heterocycles. The third kappa shape index (κ3) is 3.05. The molecule has 0 radical (unpaired) electrons. The van der Waals surface area contributed by atoms with Crippen molar-refractivity contribution in [2.24, 2.45) is 0 Å². The molecule has 0 spiro atoms. The van der Waals surface area contributed by atoms with E-state index in [0.717, 1.165) is 22.7 Å². The highest BCUT2D eigenvalue weighted by molar-refractivity contribution is 7.98. The van der Waals surface area contributed by atoms with Crippen LogP contribution in [0.1, 0.15) is 18.4 Å². The van der Waals surface area contributed by atoms with Crippen molar-refractivity contribution in [3.05, 3.63) is 23.8 Å². The molecule has 1 aliphatic rings. The normalized spacial score (nSPS) is 19.4. The SMILES string of the molecule is CSc1cccc(N(C)CC2CCCN2C)c1C#N. The lowest BCUT2D eigenvalue weighted by Gasteiger charge is -2.28. The molecule has 2 rings (SSSR count). The number of anilines is 1. The van der Waals surface area contributed by atoms with Crippen molar-refractivity contribution in [2.45, 2.75) is 23.8 Å². The number of rotatable bonds is 4. The highest BCUT2D eigenvalue weighted by Gasteiger charge is 2.23. The van der Waals surface area contributed by atoms with Crippen molar-refractivity contribution in [3.8, 4) is 6.07 Å². The number of likely N-dealkylation sites (tertiary alicyclic amines) is 1. The van der Waals surface area contributed by atoms with E-state index in [-0.39, 0.29) is 0 Å². The monoisotopic (exact) mass is 275 g/mol. The first-order valence-corrected chi connectivity index (χ1v) is 7.88. The predicted molar refractivity (Wildman–Crippen MR) is 81.9 cm³/mol. The van der Waals surface area contributed by atoms with Crippen molar-refractivity contribution in [1.82, 2.24) is 4.90 Å². The van der Waals surface area contributed by atoms with Crippen LogP contribution in [0.5, 0.6) is 0 Å². The number of thioether (sulfide) groups is 1. The molecule has 1 aliphatic heterocycles. The van der Waals surface area contributed by atoms with Gasteiger partial charge in [-0.3, -0.25) is 0 Å². The molecule has 1 heterocycles. The van der Waals surface area contributed by atoms with Gasteiger partial charge in [0.1, 0.15) is 6.07 Å². The Hall–Kier alpha value is -1.18. The van der Waals surface area contributed by atoms with E-state index >= 15 is 0 Å². The van der Waals surface area contributed by atoms with Gasteiger partial charge in [-0.05, 0) is 44.8 Å². The summed E-state index contributed by atoms with van der Waals surface area (Å²) in [5.74, 6) is 0. The van der Waals surface area contributed by atoms with Gasteiger partial charge in [-0.1, -0.05) is 6.07 Å². The van der Waals surface area contributed by atoms with E-state index in [9.17, 15) is 5.26 Å². The van der Waals surface area contributed by atoms with Crippen molar-refractivity contribution in [2.75, 3.05) is 38.3 Å². The van der Waals surface area contributed by atoms with Gasteiger partial charge in [0, 0.05) is 24.5 Å². The third-order valence-electron chi connectivity index (χ3n) is 3.90. The first-order valence-electron chi connectivity index (χ1n) is 6.66. The maximum Gasteiger partial charge on any atom is 0.102 e. The van der Waals surface area contributed by atoms with Crippen LogP contribution >= 0.6 is 11.8 Å². The molecule has 102 valence electrons. The standard InChI is InChI=1S/C15H21N3S/c1-17-9-5-6-12(17)11-18(2)14-7-4-8-15(19-3)13(14)10-16/h4,7-8,12H,5-6,9,11H2,1-3H3. The van der Waals surface area contributed by atoms with E-state index in [1.54, 1.807) is 11.8 Å². The van der Waals surface area contributed by atoms with Crippen LogP contribution in [0, 0.1) is 11.3 Å². The van der Waals surface area contributed by atoms with Crippen LogP contribution in [0.4, 0.5) is 5.69 Å². The first kappa shape index (κ1) is 14.2. The molecular weight excluding hydrogens is 254 g/mol. The average molecular weight is 275 g/mol. The Morgan fingerprint density at radius 2 is 2.32 bits per heavy atom. The summed E-state index contributed by atoms with van der Waals surface area (Å²) >= 11 is 1.64. The quantitative estimate of drug-likeness (QED) is 0.791. The molecule has 0 bridgehead atoms. The number of benzene rings is 1. The van der Waals surface area contributed by atoms with Crippen molar-refractivity contribution >= 4 is 17.4 Å². The fourth-order valence-electron chi connectivity index (χ4n) is 2.74. The van der Waals surface area contributed by atoms with E-state index in [1.165, 1.54) is 19.4 Å². The van der Waals surface area contributed by atoms with Crippen LogP contribution in [-0.2, 0) is 0 Å². The largest absolute Gasteiger partial charge is 0.372 e. The molecule has 1 atom stereocenters. The summed E-state index contributed by atoms with van der Waals surface area (Å²) in [6.45, 7) is 2.18. The Morgan fingerprint density at radius 1 is 1.53 bits per heavy atom. The predicted octanol–water partition coefficient (Wildman–Crippen LogP) is 2.81. The second kappa shape index (κ2) is 6.31. The molecule has 0 amide bonds. The zero-order valence-corrected chi connectivity index (χ0v) is 12.7. The second-order valence-electron chi connectivity index (χ2n) is 5.12. The minimum atomic E-state index is 0.606. The second-order valence-corrected chi connectivity index (χ2v) is 5.97. The topological polar surface area (TPSA) is 30.3 Å². The molecular formula is C15H21N3S. The smallest absolute Gasteiger partial charge is 0.102 e. The average Bonchev–Trinajstić information content (AvgIpc) is 2.83. The fourth-order valence-corrected chi connectivity index (χ4v) is 3.31. The van der Waals surface area contributed by atoms with Crippen molar-refractivity contribution in [3.63, 3.8) is 0 Å². The summed E-state index contributed by atoms with van der Waals surface area (Å²) < 4.78 is 0. The van der Waals surface area contributed by atoms with Crippen molar-refractivity contribution in [1.29, 1.82) is 5.26 Å². The molecule has 1 saturated heterocycles. The van der Waals surface area contributed by atoms with Gasteiger partial charge in [0.05, 0.1) is 11.3 Å². The van der Waals surface area contributed by atoms with Gasteiger partial charge >= 0.3 is 0 Å². The summed E-state index contributed by atoms with van der Waals surface area (Å²) in [4.78, 5) is 5.71. The van der Waals surface area contributed by atoms with Crippen LogP contribution in [0.3, 0.4) is 0 Å². The number of hydrogen-bond donors (Lipinski definition) is 0. The van der Waals surface area contributed by atoms with Crippen molar-refractivity contribution < 1.29 is 0 Å². The Morgan fingerprint density at radius 3 is 2.89 bits per heavy atom. The Kier molecular flexibility index (Phi) is 4.73. The van der Waals surface area contributed by atoms with Gasteiger partial charge in [0.25, 0.3) is 0 Å². The summed E-state index contributed by atoms with van der Waals surface area (Å²) in [6, 6.07) is 9.07. The van der Waals surface area contributed by atoms with E-state index in [4.69, 9.17) is 0 Å². The zero-order chi connectivity index (χ0) is 13.8. The lowest BCUT2D eigenvalue weighted by atomic mass is 10.1. The van der Waals surface area contributed by atoms with Crippen LogP contribution in [0.25, 0.3) is 0 Å². The maximum atomic E-state index is 9.39. The highest BCUT2D eigenvalue weighted by atomic mass is 32.2. The van der Waals surface area contributed by atoms with Gasteiger partial charge < -0.3 is 9.80 Å². The van der Waals surface area contributed by atoms with Crippen LogP contribution < -0.4 is 4.90 Å². The van der Waals surface area contributed by atoms with Gasteiger partial charge in [0.2, 0.25) is 0 Å². The number of nitriles is 1. The lowest BCUT2D eigenvalue weighted by molar-refractivity contribution is 0.314. The van der Waals surface area contributed by atoms with Gasteiger partial charge in [-0.15, -0.1) is 11.8 Å². The van der Waals surface area contributed by atoms with Crippen LogP contribution in [0.15, 0.2) is 23.1 Å². The molecule has 1 aromatic carbocycles. The van der Waals surface area contributed by atoms with Gasteiger partial charge in [-0.25, -0.2) is 0 Å². The summed E-state index contributed by atoms with van der Waals surface area (Å²) in [5.41, 5.74) is 1.85. The first-order chi connectivity index (χ1) is 9.17. The molecule has 19 heavy (non-hydrogen) atoms. The summed E-state index contributed by atoms with van der Waals surface area (Å²) in [5, 5.41) is 9.39. The third-order valence-corrected chi connectivity index (χ3v) is 4.68. The maximum absolute atomic E-state index is 9.39. The van der Waals surface area contributed by atoms with E-state index in [1.807, 2.05) is 24.5 Å². The number of nitrogens with zero attached hydrogens (tertiary/aromatic N) is 3. The summed E-state index contributed by atoms with van der Waals surface area (Å²) in [7, 11) is 4.28. The summed E-state index contributed by atoms with van der Waals surface area (Å²) in [6.07, 6.45) is 4.56. The molecule has 0 N–H and O–H groups in total. The minimum absolute atomic E-state index is 0.606. The van der Waals surface area contributed by atoms with Gasteiger partial charge in [-0.2, -0.15) is 5.26 Å². The molecule has 1 fully saturated rings. The van der Waals surface area contributed by atoms with E-state index in [0.29, 0.717) is 6.04 Å². The molecule has 0 aliphatic carbocycles. The minimum Gasteiger partial charge on any atom is -0.372 e. The lowest BCUT2D eigenvalue weighted by Crippen LogP contribution is -2.36. The molecule has 3 nitrogen and oxygen atoms in total. The highest BCUT2D eigenvalue weighted by Crippen LogP contribution is 2.29. The molecule has 1 aromatic rings. The zero-order valence-electron chi connectivity index (χ0n) is 11.9. The number of likely N-dealkylation sites (N-methyl/N-ethyl adjacent to an activating group) is 2. The fraction of sp³-hybridized carbons (Fsp3) is 0.533. The molecule has 0 saturated carbocycles. The van der Waals surface area contributed by atoms with Gasteiger partial charge in [0.15, 0.2) is 0 Å². The number of hydrogen-bond acceptors (Lipinski definition) is 4. The Balaban J connectivity index is 2.19. The van der Waals surface area contributed by atoms with E-state index in [2.05, 4.69) is 30.0 Å².